The number of alkyl halides is 6. The van der Waals surface area contributed by atoms with Gasteiger partial charge in [-0.1, -0.05) is 30.7 Å². The predicted molar refractivity (Wildman–Crippen MR) is 152 cm³/mol. The molecule has 6 rings (SSSR count). The van der Waals surface area contributed by atoms with Gasteiger partial charge in [-0.15, -0.1) is 0 Å². The molecule has 1 saturated carbocycles. The van der Waals surface area contributed by atoms with Crippen molar-refractivity contribution in [2.24, 2.45) is 29.1 Å². The van der Waals surface area contributed by atoms with E-state index in [0.29, 0.717) is 39.3 Å². The molecule has 1 saturated heterocycles. The first-order valence-electron chi connectivity index (χ1n) is 14.7. The lowest BCUT2D eigenvalue weighted by Crippen LogP contribution is -2.55. The molecule has 0 unspecified atom stereocenters. The summed E-state index contributed by atoms with van der Waals surface area (Å²) in [5.74, 6) is -7.23. The first-order valence-corrected chi connectivity index (χ1v) is 14.7. The van der Waals surface area contributed by atoms with Gasteiger partial charge in [-0.3, -0.25) is 19.2 Å². The fraction of sp³-hybridized carbons (Fsp3) is 0.412. The third kappa shape index (κ3) is 4.46. The second-order valence-electron chi connectivity index (χ2n) is 12.9. The minimum Gasteiger partial charge on any atom is -0.508 e. The van der Waals surface area contributed by atoms with Crippen LogP contribution in [0.3, 0.4) is 0 Å². The van der Waals surface area contributed by atoms with E-state index in [1.54, 1.807) is 45.9 Å². The van der Waals surface area contributed by atoms with Gasteiger partial charge in [0.1, 0.15) is 5.75 Å². The summed E-state index contributed by atoms with van der Waals surface area (Å²) < 4.78 is 82.0. The van der Waals surface area contributed by atoms with Crippen molar-refractivity contribution in [1.82, 2.24) is 0 Å². The van der Waals surface area contributed by atoms with Crippen molar-refractivity contribution >= 4 is 29.1 Å². The van der Waals surface area contributed by atoms with E-state index in [1.165, 1.54) is 6.07 Å². The van der Waals surface area contributed by atoms with Gasteiger partial charge in [0.05, 0.1) is 34.1 Å². The first-order chi connectivity index (χ1) is 21.3. The van der Waals surface area contributed by atoms with Gasteiger partial charge in [0, 0.05) is 11.8 Å². The van der Waals surface area contributed by atoms with Crippen LogP contribution in [0.25, 0.3) is 0 Å². The molecule has 3 aliphatic carbocycles. The fourth-order valence-electron chi connectivity index (χ4n) is 8.14. The third-order valence-electron chi connectivity index (χ3n) is 10.6. The smallest absolute Gasteiger partial charge is 0.416 e. The number of fused-ring (bicyclic) bond motifs is 4. The molecule has 12 heteroatoms. The van der Waals surface area contributed by atoms with Crippen LogP contribution in [0.1, 0.15) is 61.8 Å². The number of amides is 2. The zero-order valence-corrected chi connectivity index (χ0v) is 25.1. The highest BCUT2D eigenvalue weighted by atomic mass is 19.4. The summed E-state index contributed by atoms with van der Waals surface area (Å²) in [7, 11) is 0. The average molecular weight is 646 g/mol. The average Bonchev–Trinajstić information content (AvgIpc) is 3.24. The summed E-state index contributed by atoms with van der Waals surface area (Å²) in [6.07, 6.45) is -8.73. The van der Waals surface area contributed by atoms with Gasteiger partial charge >= 0.3 is 12.4 Å². The number of carbonyl (C=O) groups excluding carboxylic acids is 4. The number of allylic oxidation sites excluding steroid dienone is 4. The Bertz CT molecular complexity index is 1770. The Kier molecular flexibility index (Phi) is 7.00. The van der Waals surface area contributed by atoms with E-state index >= 15 is 0 Å². The number of hydrogen-bond acceptors (Lipinski definition) is 5. The maximum absolute atomic E-state index is 14.1. The Morgan fingerprint density at radius 2 is 1.43 bits per heavy atom. The van der Waals surface area contributed by atoms with Gasteiger partial charge in [-0.2, -0.15) is 26.3 Å². The number of carbonyl (C=O) groups is 4. The fourth-order valence-corrected chi connectivity index (χ4v) is 8.14. The zero-order valence-electron chi connectivity index (χ0n) is 25.1. The minimum absolute atomic E-state index is 0.00000862. The van der Waals surface area contributed by atoms with Crippen molar-refractivity contribution in [2.45, 2.75) is 58.8 Å². The molecule has 6 atom stereocenters. The number of rotatable bonds is 2. The molecule has 2 aromatic rings. The van der Waals surface area contributed by atoms with Crippen molar-refractivity contribution in [3.8, 4) is 5.75 Å². The van der Waals surface area contributed by atoms with Crippen LogP contribution in [0.4, 0.5) is 32.0 Å². The second kappa shape index (κ2) is 10.1. The third-order valence-corrected chi connectivity index (χ3v) is 10.6. The number of benzene rings is 2. The van der Waals surface area contributed by atoms with Gasteiger partial charge in [0.2, 0.25) is 11.8 Å². The summed E-state index contributed by atoms with van der Waals surface area (Å²) >= 11 is 0. The lowest BCUT2D eigenvalue weighted by molar-refractivity contribution is -0.143. The SMILES string of the molecule is CC1=C(C)C(=O)[C@@]2(C)[C@@H](c3ccc(O)c(C)c3)C3=CC[C@@H]4C(=O)N(c5cc(C(F)(F)F)cc(C(F)(F)F)c5)C(=O)[C@@H]4[C@@H]3C[C@H]2C1=O. The summed E-state index contributed by atoms with van der Waals surface area (Å²) in [4.78, 5) is 56.1. The van der Waals surface area contributed by atoms with Crippen LogP contribution in [0.5, 0.6) is 5.75 Å². The van der Waals surface area contributed by atoms with E-state index in [0.717, 1.165) is 0 Å². The highest BCUT2D eigenvalue weighted by molar-refractivity contribution is 6.22. The van der Waals surface area contributed by atoms with Crippen molar-refractivity contribution in [2.75, 3.05) is 4.90 Å². The van der Waals surface area contributed by atoms with E-state index in [2.05, 4.69) is 0 Å². The molecule has 0 spiro atoms. The molecule has 2 amide bonds. The Morgan fingerprint density at radius 3 is 2.00 bits per heavy atom. The molecule has 2 fully saturated rings. The zero-order chi connectivity index (χ0) is 33.8. The van der Waals surface area contributed by atoms with E-state index < -0.39 is 76.0 Å². The molecule has 4 aliphatic rings. The number of halogens is 6. The van der Waals surface area contributed by atoms with Crippen LogP contribution in [0, 0.1) is 36.0 Å². The molecule has 242 valence electrons. The standard InChI is InChI=1S/C34H29F6NO5/c1-14-9-17(5-8-25(14)42)27-21-6-7-22-26(23(21)13-24-28(43)15(2)16(3)29(44)32(24,27)4)31(46)41(30(22)45)20-11-18(33(35,36)37)10-19(12-20)34(38,39)40/h5-6,8-12,22-24,26-27,42H,7,13H2,1-4H3/t22-,23+,24-,26-,27-,32+/m0/s1. The number of phenolic OH excluding ortho intramolecular Hbond substituents is 1. The summed E-state index contributed by atoms with van der Waals surface area (Å²) in [6.45, 7) is 6.48. The number of phenols is 1. The van der Waals surface area contributed by atoms with Gasteiger partial charge < -0.3 is 5.11 Å². The summed E-state index contributed by atoms with van der Waals surface area (Å²) in [5, 5.41) is 10.2. The quantitative estimate of drug-likeness (QED) is 0.214. The van der Waals surface area contributed by atoms with Gasteiger partial charge in [0.15, 0.2) is 11.6 Å². The molecule has 1 heterocycles. The number of hydrogen-bond donors (Lipinski definition) is 1. The van der Waals surface area contributed by atoms with Crippen LogP contribution in [-0.4, -0.2) is 28.5 Å². The molecule has 0 radical (unpaired) electrons. The Labute approximate surface area is 259 Å². The number of nitrogens with zero attached hydrogens (tertiary/aromatic N) is 1. The highest BCUT2D eigenvalue weighted by Crippen LogP contribution is 2.63. The van der Waals surface area contributed by atoms with Crippen molar-refractivity contribution in [3.63, 3.8) is 0 Å². The summed E-state index contributed by atoms with van der Waals surface area (Å²) in [6, 6.07) is 5.41. The Hall–Kier alpha value is -4.22. The van der Waals surface area contributed by atoms with Crippen LogP contribution in [-0.2, 0) is 31.5 Å². The van der Waals surface area contributed by atoms with Gasteiger partial charge in [-0.25, -0.2) is 4.90 Å². The number of anilines is 1. The van der Waals surface area contributed by atoms with Gasteiger partial charge in [0.25, 0.3) is 0 Å². The molecule has 6 nitrogen and oxygen atoms in total. The molecular weight excluding hydrogens is 616 g/mol. The predicted octanol–water partition coefficient (Wildman–Crippen LogP) is 7.09. The van der Waals surface area contributed by atoms with E-state index in [9.17, 15) is 50.6 Å². The topological polar surface area (TPSA) is 91.8 Å². The van der Waals surface area contributed by atoms with Crippen LogP contribution in [0.15, 0.2) is 59.2 Å². The van der Waals surface area contributed by atoms with E-state index in [1.807, 2.05) is 0 Å². The second-order valence-corrected chi connectivity index (χ2v) is 12.9. The molecule has 1 aliphatic heterocycles. The van der Waals surface area contributed by atoms with Crippen LogP contribution < -0.4 is 4.90 Å². The largest absolute Gasteiger partial charge is 0.508 e. The molecule has 46 heavy (non-hydrogen) atoms. The molecule has 0 aromatic heterocycles. The number of imide groups is 1. The maximum Gasteiger partial charge on any atom is 0.416 e. The number of aromatic hydroxyl groups is 1. The summed E-state index contributed by atoms with van der Waals surface area (Å²) in [5.41, 5.74) is -3.19. The van der Waals surface area contributed by atoms with E-state index in [-0.39, 0.29) is 41.8 Å². The molecule has 2 aromatic carbocycles. The Balaban J connectivity index is 1.50. The number of ketones is 2. The number of aryl methyl sites for hydroxylation is 1. The minimum atomic E-state index is -5.19. The maximum atomic E-state index is 14.1. The lowest BCUT2D eigenvalue weighted by Gasteiger charge is -2.54. The monoisotopic (exact) mass is 645 g/mol. The molecule has 1 N–H and O–H groups in total. The Morgan fingerprint density at radius 1 is 0.826 bits per heavy atom. The first kappa shape index (κ1) is 31.7. The van der Waals surface area contributed by atoms with Crippen LogP contribution >= 0.6 is 0 Å². The normalized spacial score (nSPS) is 29.9. The van der Waals surface area contributed by atoms with Crippen molar-refractivity contribution in [1.29, 1.82) is 0 Å². The van der Waals surface area contributed by atoms with Crippen molar-refractivity contribution < 1.29 is 50.6 Å². The molecule has 0 bridgehead atoms. The van der Waals surface area contributed by atoms with Crippen LogP contribution in [0.2, 0.25) is 0 Å². The lowest BCUT2D eigenvalue weighted by atomic mass is 9.46. The number of Topliss-reactive ketones (excluding diaryl/α,β-unsaturated/α-hetero) is 2. The van der Waals surface area contributed by atoms with E-state index in [4.69, 9.17) is 0 Å². The molecular formula is C34H29F6NO5. The highest BCUT2D eigenvalue weighted by Gasteiger charge is 2.64. The van der Waals surface area contributed by atoms with Gasteiger partial charge in [-0.05, 0) is 86.1 Å². The van der Waals surface area contributed by atoms with Crippen molar-refractivity contribution in [3.05, 3.63) is 81.4 Å².